The number of rotatable bonds is 9. The van der Waals surface area contributed by atoms with Gasteiger partial charge in [-0.3, -0.25) is 4.90 Å². The first kappa shape index (κ1) is 23.8. The van der Waals surface area contributed by atoms with Crippen LogP contribution in [0.3, 0.4) is 0 Å². The van der Waals surface area contributed by atoms with E-state index >= 15 is 0 Å². The number of hydrogen-bond acceptors (Lipinski definition) is 5. The van der Waals surface area contributed by atoms with Crippen LogP contribution in [0.4, 0.5) is 0 Å². The Kier molecular flexibility index (Phi) is 7.78. The van der Waals surface area contributed by atoms with Crippen LogP contribution in [0, 0.1) is 13.8 Å². The van der Waals surface area contributed by atoms with Crippen molar-refractivity contribution in [2.45, 2.75) is 58.7 Å². The minimum Gasteiger partial charge on any atom is -0.491 e. The Morgan fingerprint density at radius 2 is 1.84 bits per heavy atom. The van der Waals surface area contributed by atoms with Crippen LogP contribution in [0.2, 0.25) is 0 Å². The number of ether oxygens (including phenoxy) is 1. The van der Waals surface area contributed by atoms with Crippen LogP contribution >= 0.6 is 0 Å². The van der Waals surface area contributed by atoms with Gasteiger partial charge in [-0.05, 0) is 54.5 Å². The van der Waals surface area contributed by atoms with Gasteiger partial charge in [0.05, 0.1) is 11.5 Å². The summed E-state index contributed by atoms with van der Waals surface area (Å²) in [6.07, 6.45) is -0.102. The van der Waals surface area contributed by atoms with Crippen molar-refractivity contribution >= 4 is 9.84 Å². The smallest absolute Gasteiger partial charge is 0.151 e. The summed E-state index contributed by atoms with van der Waals surface area (Å²) < 4.78 is 30.0. The fraction of sp³-hybridized carbons (Fsp3) is 0.520. The van der Waals surface area contributed by atoms with E-state index in [2.05, 4.69) is 43.0 Å². The van der Waals surface area contributed by atoms with Gasteiger partial charge in [0, 0.05) is 19.1 Å². The molecule has 2 atom stereocenters. The van der Waals surface area contributed by atoms with Crippen LogP contribution in [0.25, 0.3) is 0 Å². The van der Waals surface area contributed by atoms with Crippen molar-refractivity contribution in [2.24, 2.45) is 0 Å². The van der Waals surface area contributed by atoms with Crippen molar-refractivity contribution in [3.05, 3.63) is 64.7 Å². The van der Waals surface area contributed by atoms with Gasteiger partial charge in [-0.25, -0.2) is 8.42 Å². The second-order valence-corrected chi connectivity index (χ2v) is 11.3. The van der Waals surface area contributed by atoms with Gasteiger partial charge in [0.25, 0.3) is 0 Å². The molecule has 1 aliphatic rings. The summed E-state index contributed by atoms with van der Waals surface area (Å²) in [6, 6.07) is 14.3. The van der Waals surface area contributed by atoms with E-state index in [1.165, 1.54) is 5.56 Å². The normalized spacial score (nSPS) is 19.1. The maximum atomic E-state index is 12.1. The molecule has 0 radical (unpaired) electrons. The lowest BCUT2D eigenvalue weighted by Gasteiger charge is -2.30. The zero-order valence-electron chi connectivity index (χ0n) is 19.0. The largest absolute Gasteiger partial charge is 0.491 e. The Hall–Kier alpha value is -1.89. The van der Waals surface area contributed by atoms with Crippen LogP contribution in [-0.4, -0.2) is 55.2 Å². The highest BCUT2D eigenvalue weighted by Crippen LogP contribution is 2.23. The molecular weight excluding hydrogens is 410 g/mol. The summed E-state index contributed by atoms with van der Waals surface area (Å²) in [5.74, 6) is 1.62. The third-order valence-electron chi connectivity index (χ3n) is 6.19. The zero-order chi connectivity index (χ0) is 22.6. The molecule has 6 heteroatoms. The van der Waals surface area contributed by atoms with Crippen LogP contribution in [0.5, 0.6) is 5.75 Å². The van der Waals surface area contributed by atoms with Gasteiger partial charge in [0.15, 0.2) is 9.84 Å². The zero-order valence-corrected chi connectivity index (χ0v) is 19.9. The van der Waals surface area contributed by atoms with E-state index in [0.29, 0.717) is 25.4 Å². The van der Waals surface area contributed by atoms with Crippen LogP contribution < -0.4 is 4.74 Å². The van der Waals surface area contributed by atoms with Crippen molar-refractivity contribution in [2.75, 3.05) is 24.7 Å². The lowest BCUT2D eigenvalue weighted by Crippen LogP contribution is -2.42. The van der Waals surface area contributed by atoms with Gasteiger partial charge in [0.2, 0.25) is 0 Å². The number of aliphatic hydroxyl groups excluding tert-OH is 1. The lowest BCUT2D eigenvalue weighted by molar-refractivity contribution is 0.0522. The second kappa shape index (κ2) is 10.2. The summed E-state index contributed by atoms with van der Waals surface area (Å²) in [7, 11) is -3.01. The molecule has 0 aromatic heterocycles. The number of aryl methyl sites for hydroxylation is 1. The predicted molar refractivity (Wildman–Crippen MR) is 125 cm³/mol. The van der Waals surface area contributed by atoms with Gasteiger partial charge in [-0.15, -0.1) is 0 Å². The third-order valence-corrected chi connectivity index (χ3v) is 7.94. The number of nitrogens with zero attached hydrogens (tertiary/aromatic N) is 1. The van der Waals surface area contributed by atoms with E-state index in [1.807, 2.05) is 32.0 Å². The van der Waals surface area contributed by atoms with Crippen molar-refractivity contribution < 1.29 is 18.3 Å². The molecule has 2 aromatic rings. The van der Waals surface area contributed by atoms with E-state index in [-0.39, 0.29) is 24.2 Å². The third kappa shape index (κ3) is 6.55. The molecule has 170 valence electrons. The molecule has 1 fully saturated rings. The second-order valence-electron chi connectivity index (χ2n) is 9.05. The fourth-order valence-corrected chi connectivity index (χ4v) is 5.80. The molecule has 31 heavy (non-hydrogen) atoms. The molecule has 5 nitrogen and oxygen atoms in total. The number of hydrogen-bond donors (Lipinski definition) is 1. The first-order chi connectivity index (χ1) is 14.6. The molecule has 0 amide bonds. The molecule has 2 unspecified atom stereocenters. The van der Waals surface area contributed by atoms with E-state index < -0.39 is 15.9 Å². The minimum absolute atomic E-state index is 0.0786. The molecule has 1 aliphatic heterocycles. The highest BCUT2D eigenvalue weighted by atomic mass is 32.2. The Morgan fingerprint density at radius 1 is 1.13 bits per heavy atom. The minimum atomic E-state index is -3.01. The van der Waals surface area contributed by atoms with Crippen LogP contribution in [-0.2, 0) is 16.4 Å². The summed E-state index contributed by atoms with van der Waals surface area (Å²) in [6.45, 7) is 9.52. The molecule has 1 heterocycles. The Labute approximate surface area is 187 Å². The molecule has 0 aliphatic carbocycles. The molecule has 1 saturated heterocycles. The first-order valence-corrected chi connectivity index (χ1v) is 12.9. The Bertz CT molecular complexity index is 970. The summed E-state index contributed by atoms with van der Waals surface area (Å²) in [4.78, 5) is 2.10. The fourth-order valence-electron chi connectivity index (χ4n) is 4.04. The highest BCUT2D eigenvalue weighted by molar-refractivity contribution is 7.91. The maximum absolute atomic E-state index is 12.1. The van der Waals surface area contributed by atoms with E-state index in [9.17, 15) is 13.5 Å². The Morgan fingerprint density at radius 3 is 2.45 bits per heavy atom. The monoisotopic (exact) mass is 445 g/mol. The number of benzene rings is 2. The van der Waals surface area contributed by atoms with Crippen molar-refractivity contribution in [1.82, 2.24) is 4.90 Å². The molecule has 0 saturated carbocycles. The topological polar surface area (TPSA) is 66.8 Å². The van der Waals surface area contributed by atoms with Gasteiger partial charge in [-0.2, -0.15) is 0 Å². The molecule has 0 spiro atoms. The quantitative estimate of drug-likeness (QED) is 0.635. The van der Waals surface area contributed by atoms with Crippen molar-refractivity contribution in [3.63, 3.8) is 0 Å². The average Bonchev–Trinajstić information content (AvgIpc) is 3.08. The van der Waals surface area contributed by atoms with Gasteiger partial charge >= 0.3 is 0 Å². The summed E-state index contributed by atoms with van der Waals surface area (Å²) in [5.41, 5.74) is 4.62. The predicted octanol–water partition coefficient (Wildman–Crippen LogP) is 3.86. The van der Waals surface area contributed by atoms with E-state index in [4.69, 9.17) is 4.74 Å². The van der Waals surface area contributed by atoms with Crippen molar-refractivity contribution in [3.8, 4) is 5.75 Å². The molecular formula is C25H35NO4S. The van der Waals surface area contributed by atoms with E-state index in [1.54, 1.807) is 0 Å². The number of aliphatic hydroxyl groups is 1. The van der Waals surface area contributed by atoms with Gasteiger partial charge in [0.1, 0.15) is 18.5 Å². The number of sulfone groups is 1. The maximum Gasteiger partial charge on any atom is 0.151 e. The average molecular weight is 446 g/mol. The molecule has 1 N–H and O–H groups in total. The van der Waals surface area contributed by atoms with Crippen molar-refractivity contribution in [1.29, 1.82) is 0 Å². The first-order valence-electron chi connectivity index (χ1n) is 11.0. The van der Waals surface area contributed by atoms with Gasteiger partial charge in [-0.1, -0.05) is 50.2 Å². The molecule has 2 aromatic carbocycles. The highest BCUT2D eigenvalue weighted by Gasteiger charge is 2.33. The molecule has 3 rings (SSSR count). The molecule has 0 bridgehead atoms. The SMILES string of the molecule is Cc1cccc(OCC(O)CN(Cc2ccc(C(C)C)cc2)C2CCS(=O)(=O)C2)c1C. The summed E-state index contributed by atoms with van der Waals surface area (Å²) >= 11 is 0. The Balaban J connectivity index is 1.68. The summed E-state index contributed by atoms with van der Waals surface area (Å²) in [5, 5.41) is 10.7. The van der Waals surface area contributed by atoms with Crippen LogP contribution in [0.15, 0.2) is 42.5 Å². The van der Waals surface area contributed by atoms with Crippen LogP contribution in [0.1, 0.15) is 48.4 Å². The standard InChI is InChI=1S/C25H35NO4S/c1-18(2)22-10-8-21(9-11-22)14-26(23-12-13-31(28,29)17-23)15-24(27)16-30-25-7-5-6-19(3)20(25)4/h5-11,18,23-24,27H,12-17H2,1-4H3. The lowest BCUT2D eigenvalue weighted by atomic mass is 10.0. The van der Waals surface area contributed by atoms with E-state index in [0.717, 1.165) is 22.4 Å². The van der Waals surface area contributed by atoms with Gasteiger partial charge < -0.3 is 9.84 Å².